The highest BCUT2D eigenvalue weighted by molar-refractivity contribution is 5.42. The van der Waals surface area contributed by atoms with E-state index in [4.69, 9.17) is 5.84 Å². The third-order valence-electron chi connectivity index (χ3n) is 3.05. The van der Waals surface area contributed by atoms with E-state index in [1.165, 1.54) is 6.20 Å². The number of rotatable bonds is 2. The van der Waals surface area contributed by atoms with Crippen molar-refractivity contribution < 1.29 is 13.2 Å². The molecule has 0 saturated carbocycles. The summed E-state index contributed by atoms with van der Waals surface area (Å²) < 4.78 is 37.6. The van der Waals surface area contributed by atoms with E-state index >= 15 is 0 Å². The summed E-state index contributed by atoms with van der Waals surface area (Å²) >= 11 is 0. The zero-order chi connectivity index (χ0) is 13.2. The molecule has 5 nitrogen and oxygen atoms in total. The van der Waals surface area contributed by atoms with E-state index in [0.29, 0.717) is 18.9 Å². The molecular formula is C10H14F3N5. The Labute approximate surface area is 102 Å². The first-order valence-electron chi connectivity index (χ1n) is 5.62. The normalized spacial score (nSPS) is 17.9. The molecule has 1 aliphatic rings. The molecule has 0 amide bonds. The second-order valence-corrected chi connectivity index (χ2v) is 4.19. The van der Waals surface area contributed by atoms with Crippen molar-refractivity contribution in [1.29, 1.82) is 0 Å². The third-order valence-corrected chi connectivity index (χ3v) is 3.05. The second kappa shape index (κ2) is 4.97. The first-order valence-corrected chi connectivity index (χ1v) is 5.62. The summed E-state index contributed by atoms with van der Waals surface area (Å²) in [4.78, 5) is 9.76. The summed E-state index contributed by atoms with van der Waals surface area (Å²) in [5, 5.41) is 0. The van der Waals surface area contributed by atoms with Crippen molar-refractivity contribution in [1.82, 2.24) is 9.97 Å². The highest BCUT2D eigenvalue weighted by Crippen LogP contribution is 2.34. The molecule has 1 fully saturated rings. The van der Waals surface area contributed by atoms with Crippen LogP contribution in [0.1, 0.15) is 12.8 Å². The summed E-state index contributed by atoms with van der Waals surface area (Å²) in [5.74, 6) is 4.83. The van der Waals surface area contributed by atoms with Crippen molar-refractivity contribution in [3.05, 3.63) is 12.3 Å². The van der Waals surface area contributed by atoms with Gasteiger partial charge >= 0.3 is 6.18 Å². The lowest BCUT2D eigenvalue weighted by Gasteiger charge is -2.33. The van der Waals surface area contributed by atoms with Gasteiger partial charge in [0.05, 0.1) is 5.92 Å². The van der Waals surface area contributed by atoms with Gasteiger partial charge in [-0.1, -0.05) is 0 Å². The number of alkyl halides is 3. The lowest BCUT2D eigenvalue weighted by Crippen LogP contribution is -2.39. The van der Waals surface area contributed by atoms with E-state index in [1.54, 1.807) is 6.07 Å². The SMILES string of the molecule is NNc1nccc(N2CCC(C(F)(F)F)CC2)n1. The lowest BCUT2D eigenvalue weighted by atomic mass is 9.96. The molecule has 1 saturated heterocycles. The number of nitrogens with two attached hydrogens (primary N) is 1. The Morgan fingerprint density at radius 1 is 1.33 bits per heavy atom. The van der Waals surface area contributed by atoms with E-state index in [1.807, 2.05) is 4.90 Å². The van der Waals surface area contributed by atoms with Gasteiger partial charge in [0, 0.05) is 19.3 Å². The fourth-order valence-corrected chi connectivity index (χ4v) is 2.03. The monoisotopic (exact) mass is 261 g/mol. The molecule has 1 aromatic rings. The summed E-state index contributed by atoms with van der Waals surface area (Å²) in [5.41, 5.74) is 2.31. The van der Waals surface area contributed by atoms with Gasteiger partial charge in [-0.05, 0) is 18.9 Å². The number of anilines is 2. The van der Waals surface area contributed by atoms with Crippen molar-refractivity contribution in [3.8, 4) is 0 Å². The van der Waals surface area contributed by atoms with Gasteiger partial charge in [0.25, 0.3) is 0 Å². The predicted molar refractivity (Wildman–Crippen MR) is 60.8 cm³/mol. The van der Waals surface area contributed by atoms with Crippen LogP contribution in [0.25, 0.3) is 0 Å². The fraction of sp³-hybridized carbons (Fsp3) is 0.600. The lowest BCUT2D eigenvalue weighted by molar-refractivity contribution is -0.179. The summed E-state index contributed by atoms with van der Waals surface area (Å²) in [7, 11) is 0. The van der Waals surface area contributed by atoms with Crippen molar-refractivity contribution >= 4 is 11.8 Å². The van der Waals surface area contributed by atoms with Crippen LogP contribution in [-0.4, -0.2) is 29.2 Å². The quantitative estimate of drug-likeness (QED) is 0.624. The van der Waals surface area contributed by atoms with E-state index in [2.05, 4.69) is 15.4 Å². The van der Waals surface area contributed by atoms with Gasteiger partial charge in [0.2, 0.25) is 5.95 Å². The zero-order valence-corrected chi connectivity index (χ0v) is 9.61. The van der Waals surface area contributed by atoms with Crippen LogP contribution in [0.2, 0.25) is 0 Å². The minimum Gasteiger partial charge on any atom is -0.356 e. The molecule has 1 aliphatic heterocycles. The first-order chi connectivity index (χ1) is 8.50. The Kier molecular flexibility index (Phi) is 3.55. The maximum atomic E-state index is 12.5. The number of nitrogens with zero attached hydrogens (tertiary/aromatic N) is 3. The van der Waals surface area contributed by atoms with E-state index < -0.39 is 12.1 Å². The van der Waals surface area contributed by atoms with Crippen LogP contribution in [0.5, 0.6) is 0 Å². The molecule has 2 heterocycles. The fourth-order valence-electron chi connectivity index (χ4n) is 2.03. The standard InChI is InChI=1S/C10H14F3N5/c11-10(12,13)7-2-5-18(6-3-7)8-1-4-15-9(16-8)17-14/h1,4,7H,2-3,5-6,14H2,(H,15,16,17). The Bertz CT molecular complexity index is 401. The van der Waals surface area contributed by atoms with Gasteiger partial charge in [-0.25, -0.2) is 10.8 Å². The van der Waals surface area contributed by atoms with Crippen molar-refractivity contribution in [3.63, 3.8) is 0 Å². The van der Waals surface area contributed by atoms with Gasteiger partial charge < -0.3 is 4.90 Å². The number of piperidine rings is 1. The Morgan fingerprint density at radius 2 is 2.00 bits per heavy atom. The largest absolute Gasteiger partial charge is 0.391 e. The molecule has 0 radical (unpaired) electrons. The van der Waals surface area contributed by atoms with Crippen molar-refractivity contribution in [2.24, 2.45) is 11.8 Å². The average molecular weight is 261 g/mol. The maximum Gasteiger partial charge on any atom is 0.391 e. The van der Waals surface area contributed by atoms with Crippen LogP contribution in [0.4, 0.5) is 24.9 Å². The predicted octanol–water partition coefficient (Wildman–Crippen LogP) is 1.54. The molecular weight excluding hydrogens is 247 g/mol. The Morgan fingerprint density at radius 3 is 2.56 bits per heavy atom. The smallest absolute Gasteiger partial charge is 0.356 e. The topological polar surface area (TPSA) is 67.1 Å². The molecule has 0 aromatic carbocycles. The van der Waals surface area contributed by atoms with Gasteiger partial charge in [0.1, 0.15) is 5.82 Å². The van der Waals surface area contributed by atoms with Crippen LogP contribution in [-0.2, 0) is 0 Å². The van der Waals surface area contributed by atoms with Crippen LogP contribution in [0, 0.1) is 5.92 Å². The summed E-state index contributed by atoms with van der Waals surface area (Å²) in [6.07, 6.45) is -2.38. The van der Waals surface area contributed by atoms with Crippen molar-refractivity contribution in [2.75, 3.05) is 23.4 Å². The molecule has 100 valence electrons. The van der Waals surface area contributed by atoms with Crippen LogP contribution >= 0.6 is 0 Å². The third kappa shape index (κ3) is 2.81. The number of nitrogen functional groups attached to an aromatic ring is 1. The summed E-state index contributed by atoms with van der Waals surface area (Å²) in [6, 6.07) is 1.66. The van der Waals surface area contributed by atoms with Gasteiger partial charge in [-0.3, -0.25) is 5.43 Å². The van der Waals surface area contributed by atoms with Gasteiger partial charge in [-0.15, -0.1) is 0 Å². The van der Waals surface area contributed by atoms with Gasteiger partial charge in [0.15, 0.2) is 0 Å². The summed E-state index contributed by atoms with van der Waals surface area (Å²) in [6.45, 7) is 0.677. The minimum absolute atomic E-state index is 0.0961. The Hall–Kier alpha value is -1.57. The molecule has 8 heteroatoms. The van der Waals surface area contributed by atoms with Crippen LogP contribution in [0.3, 0.4) is 0 Å². The molecule has 0 spiro atoms. The second-order valence-electron chi connectivity index (χ2n) is 4.19. The van der Waals surface area contributed by atoms with Crippen LogP contribution in [0.15, 0.2) is 12.3 Å². The average Bonchev–Trinajstić information content (AvgIpc) is 2.38. The van der Waals surface area contributed by atoms with Crippen molar-refractivity contribution in [2.45, 2.75) is 19.0 Å². The molecule has 0 bridgehead atoms. The number of halogens is 3. The van der Waals surface area contributed by atoms with E-state index in [0.717, 1.165) is 0 Å². The molecule has 1 aromatic heterocycles. The number of hydrazine groups is 1. The highest BCUT2D eigenvalue weighted by atomic mass is 19.4. The van der Waals surface area contributed by atoms with E-state index in [-0.39, 0.29) is 18.8 Å². The zero-order valence-electron chi connectivity index (χ0n) is 9.61. The highest BCUT2D eigenvalue weighted by Gasteiger charge is 2.41. The molecule has 2 rings (SSSR count). The number of hydrogen-bond donors (Lipinski definition) is 2. The number of aromatic nitrogens is 2. The van der Waals surface area contributed by atoms with Crippen LogP contribution < -0.4 is 16.2 Å². The first kappa shape index (κ1) is 12.9. The molecule has 0 atom stereocenters. The Balaban J connectivity index is 2.01. The number of hydrogen-bond acceptors (Lipinski definition) is 5. The molecule has 18 heavy (non-hydrogen) atoms. The van der Waals surface area contributed by atoms with E-state index in [9.17, 15) is 13.2 Å². The number of nitrogens with one attached hydrogen (secondary N) is 1. The minimum atomic E-state index is -4.10. The van der Waals surface area contributed by atoms with Gasteiger partial charge in [-0.2, -0.15) is 18.2 Å². The molecule has 0 aliphatic carbocycles. The maximum absolute atomic E-state index is 12.5. The molecule has 0 unspecified atom stereocenters. The molecule has 3 N–H and O–H groups in total.